The summed E-state index contributed by atoms with van der Waals surface area (Å²) in [5.74, 6) is -0.170. The fraction of sp³-hybridized carbons (Fsp3) is 0.467. The van der Waals surface area contributed by atoms with Gasteiger partial charge in [0.05, 0.1) is 16.1 Å². The molecule has 1 aromatic rings. The molecule has 5 N–H and O–H groups in total. The van der Waals surface area contributed by atoms with Crippen molar-refractivity contribution < 1.29 is 15.0 Å². The Morgan fingerprint density at radius 2 is 2.00 bits per heavy atom. The second-order valence-electron chi connectivity index (χ2n) is 5.78. The van der Waals surface area contributed by atoms with Gasteiger partial charge in [-0.15, -0.1) is 0 Å². The van der Waals surface area contributed by atoms with E-state index < -0.39 is 11.4 Å². The van der Waals surface area contributed by atoms with Gasteiger partial charge in [0.2, 0.25) is 0 Å². The van der Waals surface area contributed by atoms with Crippen LogP contribution in [0.25, 0.3) is 0 Å². The largest absolute Gasteiger partial charge is 0.508 e. The summed E-state index contributed by atoms with van der Waals surface area (Å²) < 4.78 is 0. The van der Waals surface area contributed by atoms with E-state index in [0.29, 0.717) is 18.8 Å². The molecule has 0 unspecified atom stereocenters. The Morgan fingerprint density at radius 3 is 2.57 bits per heavy atom. The van der Waals surface area contributed by atoms with Crippen LogP contribution < -0.4 is 11.1 Å². The fourth-order valence-electron chi connectivity index (χ4n) is 2.68. The molecule has 0 heterocycles. The van der Waals surface area contributed by atoms with Gasteiger partial charge in [0.1, 0.15) is 11.5 Å². The summed E-state index contributed by atoms with van der Waals surface area (Å²) in [7, 11) is 0. The first-order chi connectivity index (χ1) is 9.84. The van der Waals surface area contributed by atoms with Crippen molar-refractivity contribution in [3.05, 3.63) is 23.8 Å². The first kappa shape index (κ1) is 15.6. The van der Waals surface area contributed by atoms with Gasteiger partial charge in [0.15, 0.2) is 0 Å². The molecule has 2 rings (SSSR count). The molecule has 1 aliphatic carbocycles. The lowest BCUT2D eigenvalue weighted by Gasteiger charge is -2.39. The number of nitrogens with two attached hydrogens (primary N) is 1. The number of phenols is 2. The van der Waals surface area contributed by atoms with Gasteiger partial charge in [-0.25, -0.2) is 0 Å². The van der Waals surface area contributed by atoms with Crippen molar-refractivity contribution in [3.63, 3.8) is 0 Å². The standard InChI is InChI=1S/C15H20N2O3S/c1-9-4-6-15(7-5-9,14(16)21)17-13(20)11-8-10(18)2-3-12(11)19/h2-3,8-9,18-19H,4-7H2,1H3,(H2,16,21)(H,17,20). The topological polar surface area (TPSA) is 95.6 Å². The number of rotatable bonds is 3. The van der Waals surface area contributed by atoms with Crippen LogP contribution in [-0.2, 0) is 0 Å². The maximum Gasteiger partial charge on any atom is 0.255 e. The number of thiocarbonyl (C=S) groups is 1. The van der Waals surface area contributed by atoms with Crippen LogP contribution in [0.3, 0.4) is 0 Å². The molecule has 0 spiro atoms. The van der Waals surface area contributed by atoms with Crippen LogP contribution in [0.15, 0.2) is 18.2 Å². The Bertz CT molecular complexity index is 566. The van der Waals surface area contributed by atoms with E-state index in [1.54, 1.807) is 0 Å². The van der Waals surface area contributed by atoms with E-state index in [9.17, 15) is 15.0 Å². The molecule has 6 heteroatoms. The van der Waals surface area contributed by atoms with Crippen molar-refractivity contribution in [1.82, 2.24) is 5.32 Å². The number of carbonyl (C=O) groups excluding carboxylic acids is 1. The van der Waals surface area contributed by atoms with Gasteiger partial charge in [-0.2, -0.15) is 0 Å². The molecule has 0 aliphatic heterocycles. The maximum absolute atomic E-state index is 12.4. The molecule has 1 aliphatic rings. The highest BCUT2D eigenvalue weighted by Crippen LogP contribution is 2.33. The summed E-state index contributed by atoms with van der Waals surface area (Å²) in [6, 6.07) is 3.82. The Balaban J connectivity index is 2.23. The summed E-state index contributed by atoms with van der Waals surface area (Å²) in [6.45, 7) is 2.16. The van der Waals surface area contributed by atoms with Crippen molar-refractivity contribution in [3.8, 4) is 11.5 Å². The van der Waals surface area contributed by atoms with E-state index in [1.165, 1.54) is 18.2 Å². The smallest absolute Gasteiger partial charge is 0.255 e. The quantitative estimate of drug-likeness (QED) is 0.506. The van der Waals surface area contributed by atoms with E-state index in [0.717, 1.165) is 12.8 Å². The van der Waals surface area contributed by atoms with Crippen LogP contribution in [0.4, 0.5) is 0 Å². The molecule has 0 aromatic heterocycles. The number of carbonyl (C=O) groups is 1. The predicted octanol–water partition coefficient (Wildman–Crippen LogP) is 2.06. The summed E-state index contributed by atoms with van der Waals surface area (Å²) in [5, 5.41) is 22.1. The minimum atomic E-state index is -0.711. The van der Waals surface area contributed by atoms with Gasteiger partial charge in [-0.3, -0.25) is 4.79 Å². The minimum absolute atomic E-state index is 0.0178. The monoisotopic (exact) mass is 308 g/mol. The number of benzene rings is 1. The van der Waals surface area contributed by atoms with E-state index in [4.69, 9.17) is 18.0 Å². The number of aromatic hydroxyl groups is 2. The van der Waals surface area contributed by atoms with Crippen molar-refractivity contribution >= 4 is 23.1 Å². The highest BCUT2D eigenvalue weighted by atomic mass is 32.1. The molecule has 1 saturated carbocycles. The van der Waals surface area contributed by atoms with E-state index in [2.05, 4.69) is 12.2 Å². The summed E-state index contributed by atoms with van der Waals surface area (Å²) in [6.07, 6.45) is 3.25. The van der Waals surface area contributed by atoms with Crippen molar-refractivity contribution in [1.29, 1.82) is 0 Å². The second-order valence-corrected chi connectivity index (χ2v) is 6.22. The summed E-state index contributed by atoms with van der Waals surface area (Å²) >= 11 is 5.14. The van der Waals surface area contributed by atoms with Crippen molar-refractivity contribution in [2.24, 2.45) is 11.7 Å². The van der Waals surface area contributed by atoms with Crippen LogP contribution in [-0.4, -0.2) is 26.6 Å². The average molecular weight is 308 g/mol. The normalized spacial score (nSPS) is 25.3. The van der Waals surface area contributed by atoms with Crippen molar-refractivity contribution in [2.75, 3.05) is 0 Å². The lowest BCUT2D eigenvalue weighted by atomic mass is 9.77. The zero-order chi connectivity index (χ0) is 15.6. The fourth-order valence-corrected chi connectivity index (χ4v) is 2.93. The zero-order valence-corrected chi connectivity index (χ0v) is 12.7. The van der Waals surface area contributed by atoms with Gasteiger partial charge in [-0.05, 0) is 49.8 Å². The van der Waals surface area contributed by atoms with Crippen LogP contribution in [0.1, 0.15) is 43.0 Å². The molecule has 0 saturated heterocycles. The van der Waals surface area contributed by atoms with Gasteiger partial charge in [0.25, 0.3) is 5.91 Å². The molecule has 114 valence electrons. The lowest BCUT2D eigenvalue weighted by Crippen LogP contribution is -2.58. The summed E-state index contributed by atoms with van der Waals surface area (Å²) in [5.41, 5.74) is 5.15. The third-order valence-electron chi connectivity index (χ3n) is 4.18. The second kappa shape index (κ2) is 5.89. The van der Waals surface area contributed by atoms with E-state index in [-0.39, 0.29) is 22.1 Å². The Morgan fingerprint density at radius 1 is 1.38 bits per heavy atom. The first-order valence-corrected chi connectivity index (χ1v) is 7.39. The Kier molecular flexibility index (Phi) is 4.37. The van der Waals surface area contributed by atoms with Crippen LogP contribution >= 0.6 is 12.2 Å². The van der Waals surface area contributed by atoms with E-state index in [1.807, 2.05) is 0 Å². The minimum Gasteiger partial charge on any atom is -0.508 e. The molecule has 21 heavy (non-hydrogen) atoms. The molecule has 0 radical (unpaired) electrons. The number of hydrogen-bond donors (Lipinski definition) is 4. The molecule has 0 atom stereocenters. The van der Waals surface area contributed by atoms with Crippen LogP contribution in [0.2, 0.25) is 0 Å². The number of nitrogens with one attached hydrogen (secondary N) is 1. The average Bonchev–Trinajstić information content (AvgIpc) is 2.44. The van der Waals surface area contributed by atoms with Gasteiger partial charge >= 0.3 is 0 Å². The Hall–Kier alpha value is -1.82. The molecule has 5 nitrogen and oxygen atoms in total. The van der Waals surface area contributed by atoms with Gasteiger partial charge in [-0.1, -0.05) is 19.1 Å². The molecular weight excluding hydrogens is 288 g/mol. The first-order valence-electron chi connectivity index (χ1n) is 6.98. The van der Waals surface area contributed by atoms with E-state index >= 15 is 0 Å². The third-order valence-corrected chi connectivity index (χ3v) is 4.57. The molecular formula is C15H20N2O3S. The predicted molar refractivity (Wildman–Crippen MR) is 84.4 cm³/mol. The molecule has 1 amide bonds. The number of hydrogen-bond acceptors (Lipinski definition) is 4. The van der Waals surface area contributed by atoms with Crippen molar-refractivity contribution in [2.45, 2.75) is 38.1 Å². The molecule has 1 fully saturated rings. The zero-order valence-electron chi connectivity index (χ0n) is 11.9. The summed E-state index contributed by atoms with van der Waals surface area (Å²) in [4.78, 5) is 12.6. The molecule has 1 aromatic carbocycles. The number of amides is 1. The van der Waals surface area contributed by atoms with Crippen LogP contribution in [0, 0.1) is 5.92 Å². The number of phenolic OH excluding ortho intramolecular Hbond substituents is 2. The van der Waals surface area contributed by atoms with Gasteiger partial charge < -0.3 is 21.3 Å². The molecule has 0 bridgehead atoms. The Labute approximate surface area is 129 Å². The lowest BCUT2D eigenvalue weighted by molar-refractivity contribution is 0.0897. The third kappa shape index (κ3) is 3.26. The van der Waals surface area contributed by atoms with Crippen LogP contribution in [0.5, 0.6) is 11.5 Å². The van der Waals surface area contributed by atoms with Gasteiger partial charge in [0, 0.05) is 0 Å². The highest BCUT2D eigenvalue weighted by Gasteiger charge is 2.38. The SMILES string of the molecule is CC1CCC(NC(=O)c2cc(O)ccc2O)(C(N)=S)CC1. The maximum atomic E-state index is 12.4. The highest BCUT2D eigenvalue weighted by molar-refractivity contribution is 7.80.